The van der Waals surface area contributed by atoms with Crippen molar-refractivity contribution in [2.75, 3.05) is 13.1 Å². The fraction of sp³-hybridized carbons (Fsp3) is 0.217. The highest BCUT2D eigenvalue weighted by Gasteiger charge is 2.19. The Kier molecular flexibility index (Phi) is 4.24. The van der Waals surface area contributed by atoms with Gasteiger partial charge in [0, 0.05) is 18.0 Å². The van der Waals surface area contributed by atoms with Gasteiger partial charge < -0.3 is 10.3 Å². The number of rotatable bonds is 3. The predicted molar refractivity (Wildman–Crippen MR) is 117 cm³/mol. The Labute approximate surface area is 177 Å². The first-order valence-corrected chi connectivity index (χ1v) is 10.4. The zero-order valence-corrected chi connectivity index (χ0v) is 16.7. The highest BCUT2D eigenvalue weighted by molar-refractivity contribution is 5.95. The first kappa shape index (κ1) is 18.1. The van der Waals surface area contributed by atoms with Gasteiger partial charge in [-0.25, -0.2) is 14.4 Å². The molecule has 0 spiro atoms. The summed E-state index contributed by atoms with van der Waals surface area (Å²) in [6.07, 6.45) is 5.89. The quantitative estimate of drug-likeness (QED) is 0.413. The van der Waals surface area contributed by atoms with E-state index in [4.69, 9.17) is 4.98 Å². The molecule has 6 rings (SSSR count). The van der Waals surface area contributed by atoms with E-state index in [9.17, 15) is 4.39 Å². The number of pyridine rings is 2. The van der Waals surface area contributed by atoms with Crippen molar-refractivity contribution >= 4 is 22.1 Å². The lowest BCUT2D eigenvalue weighted by molar-refractivity contribution is 0.460. The molecule has 8 heteroatoms. The summed E-state index contributed by atoms with van der Waals surface area (Å²) in [5.41, 5.74) is 5.82. The molecule has 1 saturated heterocycles. The first-order valence-electron chi connectivity index (χ1n) is 10.4. The summed E-state index contributed by atoms with van der Waals surface area (Å²) in [4.78, 5) is 17.3. The maximum atomic E-state index is 13.4. The number of hydrogen-bond acceptors (Lipinski definition) is 5. The molecule has 4 aromatic heterocycles. The summed E-state index contributed by atoms with van der Waals surface area (Å²) in [7, 11) is 0. The third kappa shape index (κ3) is 3.16. The van der Waals surface area contributed by atoms with Crippen molar-refractivity contribution in [3.63, 3.8) is 0 Å². The van der Waals surface area contributed by atoms with Crippen LogP contribution in [0.5, 0.6) is 0 Å². The Hall–Kier alpha value is -3.65. The molecule has 0 radical (unpaired) electrons. The van der Waals surface area contributed by atoms with Crippen LogP contribution in [0, 0.1) is 5.82 Å². The lowest BCUT2D eigenvalue weighted by Crippen LogP contribution is -2.26. The molecule has 1 fully saturated rings. The van der Waals surface area contributed by atoms with Gasteiger partial charge in [0.25, 0.3) is 0 Å². The van der Waals surface area contributed by atoms with Crippen LogP contribution in [0.3, 0.4) is 0 Å². The molecule has 7 nitrogen and oxygen atoms in total. The lowest BCUT2D eigenvalue weighted by Gasteiger charge is -2.22. The van der Waals surface area contributed by atoms with Crippen LogP contribution in [0.1, 0.15) is 24.3 Å². The zero-order chi connectivity index (χ0) is 20.8. The van der Waals surface area contributed by atoms with E-state index < -0.39 is 0 Å². The van der Waals surface area contributed by atoms with E-state index >= 15 is 0 Å². The Morgan fingerprint density at radius 1 is 1.00 bits per heavy atom. The molecule has 1 aromatic carbocycles. The molecule has 0 unspecified atom stereocenters. The van der Waals surface area contributed by atoms with Gasteiger partial charge in [-0.2, -0.15) is 5.10 Å². The monoisotopic (exact) mass is 413 g/mol. The van der Waals surface area contributed by atoms with Gasteiger partial charge in [-0.05, 0) is 73.8 Å². The number of nitrogens with one attached hydrogen (secondary N) is 3. The van der Waals surface area contributed by atoms with Gasteiger partial charge in [0.1, 0.15) is 17.0 Å². The summed E-state index contributed by atoms with van der Waals surface area (Å²) < 4.78 is 13.4. The second-order valence-electron chi connectivity index (χ2n) is 7.91. The summed E-state index contributed by atoms with van der Waals surface area (Å²) in [5.74, 6) is 0.906. The van der Waals surface area contributed by atoms with Crippen LogP contribution in [-0.2, 0) is 0 Å². The molecule has 3 N–H and O–H groups in total. The van der Waals surface area contributed by atoms with Gasteiger partial charge in [-0.3, -0.25) is 10.1 Å². The molecular weight excluding hydrogens is 393 g/mol. The Balaban J connectivity index is 1.46. The van der Waals surface area contributed by atoms with Crippen LogP contribution in [0.25, 0.3) is 44.8 Å². The van der Waals surface area contributed by atoms with Crippen LogP contribution >= 0.6 is 0 Å². The molecule has 154 valence electrons. The molecule has 31 heavy (non-hydrogen) atoms. The van der Waals surface area contributed by atoms with Gasteiger partial charge in [0.15, 0.2) is 11.5 Å². The van der Waals surface area contributed by atoms with Gasteiger partial charge in [0.2, 0.25) is 0 Å². The standard InChI is InChI=1S/C23H20FN7/c24-16-3-1-14(2-4-16)19-21-18(7-10-26-19)28-23(29-21)20-17-11-15(12-27-22(17)31-30-20)13-5-8-25-9-6-13/h1-4,7,10-13,25H,5-6,8-9H2,(H,28,29)(H,27,30,31). The number of piperidine rings is 1. The Morgan fingerprint density at radius 2 is 1.84 bits per heavy atom. The summed E-state index contributed by atoms with van der Waals surface area (Å²) in [6, 6.07) is 10.4. The molecule has 5 aromatic rings. The molecule has 0 atom stereocenters. The second-order valence-corrected chi connectivity index (χ2v) is 7.91. The number of hydrogen-bond donors (Lipinski definition) is 3. The van der Waals surface area contributed by atoms with Crippen LogP contribution in [0.15, 0.2) is 48.8 Å². The van der Waals surface area contributed by atoms with Gasteiger partial charge >= 0.3 is 0 Å². The molecule has 1 aliphatic heterocycles. The maximum Gasteiger partial charge on any atom is 0.181 e. The maximum absolute atomic E-state index is 13.4. The van der Waals surface area contributed by atoms with Crippen molar-refractivity contribution in [2.24, 2.45) is 0 Å². The van der Waals surface area contributed by atoms with Gasteiger partial charge in [-0.15, -0.1) is 0 Å². The van der Waals surface area contributed by atoms with Crippen molar-refractivity contribution in [2.45, 2.75) is 18.8 Å². The fourth-order valence-corrected chi connectivity index (χ4v) is 4.35. The number of benzene rings is 1. The van der Waals surface area contributed by atoms with E-state index in [-0.39, 0.29) is 5.82 Å². The highest BCUT2D eigenvalue weighted by atomic mass is 19.1. The van der Waals surface area contributed by atoms with E-state index in [0.29, 0.717) is 23.1 Å². The Morgan fingerprint density at radius 3 is 2.68 bits per heavy atom. The van der Waals surface area contributed by atoms with Crippen molar-refractivity contribution in [1.29, 1.82) is 0 Å². The fourth-order valence-electron chi connectivity index (χ4n) is 4.35. The summed E-state index contributed by atoms with van der Waals surface area (Å²) in [5, 5.41) is 11.8. The molecule has 0 saturated carbocycles. The van der Waals surface area contributed by atoms with Crippen molar-refractivity contribution in [3.8, 4) is 22.8 Å². The van der Waals surface area contributed by atoms with Crippen LogP contribution in [0.2, 0.25) is 0 Å². The molecule has 5 heterocycles. The van der Waals surface area contributed by atoms with E-state index in [0.717, 1.165) is 53.6 Å². The lowest BCUT2D eigenvalue weighted by atomic mass is 9.91. The number of aromatic amines is 2. The minimum Gasteiger partial charge on any atom is -0.337 e. The van der Waals surface area contributed by atoms with Crippen LogP contribution in [0.4, 0.5) is 4.39 Å². The van der Waals surface area contributed by atoms with E-state index in [1.807, 2.05) is 12.3 Å². The number of nitrogens with zero attached hydrogens (tertiary/aromatic N) is 4. The third-order valence-electron chi connectivity index (χ3n) is 6.00. The van der Waals surface area contributed by atoms with Crippen molar-refractivity contribution in [3.05, 3.63) is 60.2 Å². The molecular formula is C23H20FN7. The highest BCUT2D eigenvalue weighted by Crippen LogP contribution is 2.32. The molecule has 0 amide bonds. The van der Waals surface area contributed by atoms with E-state index in [1.165, 1.54) is 17.7 Å². The largest absolute Gasteiger partial charge is 0.337 e. The normalized spacial score (nSPS) is 15.1. The third-order valence-corrected chi connectivity index (χ3v) is 6.00. The average Bonchev–Trinajstić information content (AvgIpc) is 3.43. The Bertz CT molecular complexity index is 1380. The molecule has 1 aliphatic rings. The number of imidazole rings is 1. The second kappa shape index (κ2) is 7.24. The topological polar surface area (TPSA) is 95.2 Å². The smallest absolute Gasteiger partial charge is 0.181 e. The zero-order valence-electron chi connectivity index (χ0n) is 16.7. The van der Waals surface area contributed by atoms with E-state index in [1.54, 1.807) is 18.3 Å². The van der Waals surface area contributed by atoms with Crippen molar-refractivity contribution < 1.29 is 4.39 Å². The average molecular weight is 413 g/mol. The van der Waals surface area contributed by atoms with Crippen molar-refractivity contribution in [1.82, 2.24) is 35.5 Å². The van der Waals surface area contributed by atoms with Crippen LogP contribution in [-0.4, -0.2) is 43.2 Å². The van der Waals surface area contributed by atoms with Crippen LogP contribution < -0.4 is 5.32 Å². The molecule has 0 bridgehead atoms. The minimum absolute atomic E-state index is 0.278. The number of H-pyrrole nitrogens is 2. The first-order chi connectivity index (χ1) is 15.3. The van der Waals surface area contributed by atoms with E-state index in [2.05, 4.69) is 36.5 Å². The number of halogens is 1. The SMILES string of the molecule is Fc1ccc(-c2nccc3[nH]c(-c4[nH]nc5ncc(C6CCNCC6)cc45)nc23)cc1. The minimum atomic E-state index is -0.278. The predicted octanol–water partition coefficient (Wildman–Crippen LogP) is 4.17. The molecule has 0 aliphatic carbocycles. The summed E-state index contributed by atoms with van der Waals surface area (Å²) >= 11 is 0. The van der Waals surface area contributed by atoms with Gasteiger partial charge in [0.05, 0.1) is 16.6 Å². The number of fused-ring (bicyclic) bond motifs is 2. The van der Waals surface area contributed by atoms with Gasteiger partial charge in [-0.1, -0.05) is 0 Å². The summed E-state index contributed by atoms with van der Waals surface area (Å²) in [6.45, 7) is 2.06. The number of aromatic nitrogens is 6.